The highest BCUT2D eigenvalue weighted by molar-refractivity contribution is 6.33. The molecule has 0 saturated carbocycles. The van der Waals surface area contributed by atoms with E-state index in [0.29, 0.717) is 18.9 Å². The zero-order valence-corrected chi connectivity index (χ0v) is 13.2. The molecule has 7 heteroatoms. The molecule has 4 rings (SSSR count). The van der Waals surface area contributed by atoms with Crippen molar-refractivity contribution in [1.29, 1.82) is 0 Å². The van der Waals surface area contributed by atoms with E-state index in [9.17, 15) is 4.79 Å². The molecule has 0 amide bonds. The van der Waals surface area contributed by atoms with Crippen molar-refractivity contribution in [2.45, 2.75) is 18.9 Å². The van der Waals surface area contributed by atoms with Crippen LogP contribution >= 0.6 is 11.6 Å². The lowest BCUT2D eigenvalue weighted by atomic mass is 10.0. The van der Waals surface area contributed by atoms with E-state index in [2.05, 4.69) is 15.1 Å². The summed E-state index contributed by atoms with van der Waals surface area (Å²) in [7, 11) is 0. The average Bonchev–Trinajstić information content (AvgIpc) is 3.06. The van der Waals surface area contributed by atoms with Crippen LogP contribution in [0.2, 0.25) is 5.02 Å². The Bertz CT molecular complexity index is 792. The maximum absolute atomic E-state index is 11.7. The molecular weight excluding hydrogens is 318 g/mol. The van der Waals surface area contributed by atoms with Gasteiger partial charge in [-0.05, 0) is 30.5 Å². The van der Waals surface area contributed by atoms with Crippen LogP contribution in [0, 0.1) is 0 Å². The fourth-order valence-electron chi connectivity index (χ4n) is 3.24. The number of nitrogens with zero attached hydrogens (tertiary/aromatic N) is 2. The Kier molecular flexibility index (Phi) is 3.61. The van der Waals surface area contributed by atoms with Gasteiger partial charge < -0.3 is 14.4 Å². The molecule has 2 aromatic rings. The van der Waals surface area contributed by atoms with Crippen molar-refractivity contribution in [3.8, 4) is 11.5 Å². The summed E-state index contributed by atoms with van der Waals surface area (Å²) in [6.07, 6.45) is 3.63. The largest absolute Gasteiger partial charge is 0.486 e. The van der Waals surface area contributed by atoms with E-state index in [-0.39, 0.29) is 16.6 Å². The Labute approximate surface area is 138 Å². The minimum absolute atomic E-state index is 0.145. The van der Waals surface area contributed by atoms with Gasteiger partial charge in [-0.25, -0.2) is 5.10 Å². The molecule has 1 atom stereocenters. The van der Waals surface area contributed by atoms with Crippen LogP contribution in [0.3, 0.4) is 0 Å². The number of nitrogens with one attached hydrogen (secondary N) is 1. The van der Waals surface area contributed by atoms with Gasteiger partial charge in [0.05, 0.1) is 17.9 Å². The van der Waals surface area contributed by atoms with Gasteiger partial charge in [-0.1, -0.05) is 17.7 Å². The lowest BCUT2D eigenvalue weighted by Crippen LogP contribution is -2.25. The molecule has 2 aliphatic heterocycles. The number of benzene rings is 1. The lowest BCUT2D eigenvalue weighted by Gasteiger charge is -2.28. The number of ether oxygens (including phenoxy) is 2. The van der Waals surface area contributed by atoms with Crippen LogP contribution in [-0.4, -0.2) is 30.0 Å². The second kappa shape index (κ2) is 5.77. The number of hydrogen-bond donors (Lipinski definition) is 1. The SMILES string of the molecule is O=c1[nH]ncc(N2CCC[C@@H]2c2ccc3c(c2)OCCO3)c1Cl. The van der Waals surface area contributed by atoms with Crippen LogP contribution in [0.25, 0.3) is 0 Å². The molecule has 1 aromatic heterocycles. The van der Waals surface area contributed by atoms with Crippen LogP contribution in [0.15, 0.2) is 29.2 Å². The van der Waals surface area contributed by atoms with Gasteiger partial charge in [0.2, 0.25) is 0 Å². The standard InChI is InChI=1S/C16H16ClN3O3/c17-15-12(9-18-19-16(15)21)20-5-1-2-11(20)10-3-4-13-14(8-10)23-7-6-22-13/h3-4,8-9,11H,1-2,5-7H2,(H,19,21)/t11-/m1/s1. The molecule has 3 heterocycles. The Morgan fingerprint density at radius 2 is 2.09 bits per heavy atom. The van der Waals surface area contributed by atoms with Gasteiger partial charge in [0, 0.05) is 6.54 Å². The van der Waals surface area contributed by atoms with Crippen LogP contribution in [0.1, 0.15) is 24.4 Å². The predicted octanol–water partition coefficient (Wildman–Crippen LogP) is 2.54. The first kappa shape index (κ1) is 14.4. The van der Waals surface area contributed by atoms with Gasteiger partial charge in [0.1, 0.15) is 18.2 Å². The van der Waals surface area contributed by atoms with Crippen LogP contribution in [-0.2, 0) is 0 Å². The van der Waals surface area contributed by atoms with Crippen molar-refractivity contribution in [2.75, 3.05) is 24.7 Å². The second-order valence-electron chi connectivity index (χ2n) is 5.65. The summed E-state index contributed by atoms with van der Waals surface area (Å²) < 4.78 is 11.2. The summed E-state index contributed by atoms with van der Waals surface area (Å²) >= 11 is 6.17. The van der Waals surface area contributed by atoms with E-state index in [4.69, 9.17) is 21.1 Å². The number of fused-ring (bicyclic) bond motifs is 1. The fraction of sp³-hybridized carbons (Fsp3) is 0.375. The number of rotatable bonds is 2. The summed E-state index contributed by atoms with van der Waals surface area (Å²) in [5, 5.41) is 6.42. The smallest absolute Gasteiger partial charge is 0.285 e. The molecule has 2 aliphatic rings. The molecule has 0 aliphatic carbocycles. The third-order valence-corrected chi connectivity index (χ3v) is 4.66. The molecule has 0 spiro atoms. The Morgan fingerprint density at radius 3 is 2.96 bits per heavy atom. The maximum Gasteiger partial charge on any atom is 0.285 e. The summed E-state index contributed by atoms with van der Waals surface area (Å²) in [5.41, 5.74) is 1.44. The Hall–Kier alpha value is -2.21. The number of hydrogen-bond acceptors (Lipinski definition) is 5. The number of aromatic nitrogens is 2. The third-order valence-electron chi connectivity index (χ3n) is 4.29. The summed E-state index contributed by atoms with van der Waals surface area (Å²) in [6.45, 7) is 1.98. The number of H-pyrrole nitrogens is 1. The number of halogens is 1. The van der Waals surface area contributed by atoms with E-state index in [0.717, 1.165) is 36.4 Å². The van der Waals surface area contributed by atoms with Crippen molar-refractivity contribution in [1.82, 2.24) is 10.2 Å². The molecule has 0 bridgehead atoms. The first-order valence-corrected chi connectivity index (χ1v) is 8.01. The van der Waals surface area contributed by atoms with Crippen molar-refractivity contribution < 1.29 is 9.47 Å². The van der Waals surface area contributed by atoms with Crippen molar-refractivity contribution in [3.05, 3.63) is 45.3 Å². The second-order valence-corrected chi connectivity index (χ2v) is 6.03. The molecule has 0 radical (unpaired) electrons. The molecule has 120 valence electrons. The average molecular weight is 334 g/mol. The summed E-state index contributed by atoms with van der Waals surface area (Å²) in [6, 6.07) is 6.15. The molecule has 0 unspecified atom stereocenters. The topological polar surface area (TPSA) is 67.5 Å². The van der Waals surface area contributed by atoms with Crippen molar-refractivity contribution in [3.63, 3.8) is 0 Å². The van der Waals surface area contributed by atoms with E-state index in [1.165, 1.54) is 0 Å². The highest BCUT2D eigenvalue weighted by Gasteiger charge is 2.29. The van der Waals surface area contributed by atoms with Crippen molar-refractivity contribution >= 4 is 17.3 Å². The van der Waals surface area contributed by atoms with Crippen LogP contribution in [0.4, 0.5) is 5.69 Å². The highest BCUT2D eigenvalue weighted by atomic mass is 35.5. The normalized spacial score (nSPS) is 19.9. The Morgan fingerprint density at radius 1 is 1.26 bits per heavy atom. The minimum Gasteiger partial charge on any atom is -0.486 e. The molecule has 1 saturated heterocycles. The molecule has 1 fully saturated rings. The third kappa shape index (κ3) is 2.53. The first-order valence-electron chi connectivity index (χ1n) is 7.63. The van der Waals surface area contributed by atoms with Gasteiger partial charge in [-0.3, -0.25) is 4.79 Å². The summed E-state index contributed by atoms with van der Waals surface area (Å²) in [4.78, 5) is 13.9. The van der Waals surface area contributed by atoms with Gasteiger partial charge in [0.25, 0.3) is 5.56 Å². The van der Waals surface area contributed by atoms with Crippen molar-refractivity contribution in [2.24, 2.45) is 0 Å². The van der Waals surface area contributed by atoms with E-state index >= 15 is 0 Å². The lowest BCUT2D eigenvalue weighted by molar-refractivity contribution is 0.171. The molecule has 1 aromatic carbocycles. The van der Waals surface area contributed by atoms with E-state index in [1.807, 2.05) is 18.2 Å². The van der Waals surface area contributed by atoms with Crippen LogP contribution < -0.4 is 19.9 Å². The van der Waals surface area contributed by atoms with Gasteiger partial charge >= 0.3 is 0 Å². The highest BCUT2D eigenvalue weighted by Crippen LogP contribution is 2.41. The van der Waals surface area contributed by atoms with E-state index in [1.54, 1.807) is 6.20 Å². The van der Waals surface area contributed by atoms with Crippen LogP contribution in [0.5, 0.6) is 11.5 Å². The quantitative estimate of drug-likeness (QED) is 0.914. The first-order chi connectivity index (χ1) is 11.2. The molecule has 1 N–H and O–H groups in total. The van der Waals surface area contributed by atoms with Gasteiger partial charge in [-0.15, -0.1) is 0 Å². The van der Waals surface area contributed by atoms with Gasteiger partial charge in [-0.2, -0.15) is 5.10 Å². The van der Waals surface area contributed by atoms with Gasteiger partial charge in [0.15, 0.2) is 11.5 Å². The predicted molar refractivity (Wildman–Crippen MR) is 86.6 cm³/mol. The molecule has 6 nitrogen and oxygen atoms in total. The van der Waals surface area contributed by atoms with E-state index < -0.39 is 0 Å². The molecule has 23 heavy (non-hydrogen) atoms. The fourth-order valence-corrected chi connectivity index (χ4v) is 3.44. The maximum atomic E-state index is 11.7. The number of anilines is 1. The minimum atomic E-state index is -0.364. The molecular formula is C16H16ClN3O3. The zero-order valence-electron chi connectivity index (χ0n) is 12.4. The Balaban J connectivity index is 1.70. The summed E-state index contributed by atoms with van der Waals surface area (Å²) in [5.74, 6) is 1.55. The zero-order chi connectivity index (χ0) is 15.8. The monoisotopic (exact) mass is 333 g/mol. The number of aromatic amines is 1.